The molecule has 0 radical (unpaired) electrons. The number of rotatable bonds is 5. The molecule has 0 aliphatic heterocycles. The van der Waals surface area contributed by atoms with Gasteiger partial charge in [-0.1, -0.05) is 24.3 Å². The first-order chi connectivity index (χ1) is 10.1. The quantitative estimate of drug-likeness (QED) is 0.869. The molecule has 1 atom stereocenters. The molecule has 2 rings (SSSR count). The van der Waals surface area contributed by atoms with Crippen molar-refractivity contribution < 1.29 is 9.53 Å². The van der Waals surface area contributed by atoms with E-state index in [1.54, 1.807) is 0 Å². The number of nitrogens with one attached hydrogen (secondary N) is 1. The number of anilines is 1. The van der Waals surface area contributed by atoms with Gasteiger partial charge in [-0.15, -0.1) is 0 Å². The highest BCUT2D eigenvalue weighted by atomic mass is 79.9. The van der Waals surface area contributed by atoms with Crippen LogP contribution in [0.3, 0.4) is 0 Å². The maximum atomic E-state index is 11.8. The van der Waals surface area contributed by atoms with Crippen molar-refractivity contribution in [3.8, 4) is 5.75 Å². The third-order valence-corrected chi connectivity index (χ3v) is 3.62. The summed E-state index contributed by atoms with van der Waals surface area (Å²) in [5, 5.41) is 2.78. The van der Waals surface area contributed by atoms with Gasteiger partial charge in [-0.2, -0.15) is 0 Å². The Labute approximate surface area is 132 Å². The fourth-order valence-corrected chi connectivity index (χ4v) is 2.15. The molecule has 21 heavy (non-hydrogen) atoms. The molecule has 4 nitrogen and oxygen atoms in total. The van der Waals surface area contributed by atoms with E-state index < -0.39 is 0 Å². The molecule has 0 heterocycles. The van der Waals surface area contributed by atoms with Crippen LogP contribution >= 0.6 is 15.9 Å². The standard InChI is InChI=1S/C16H17BrN2O2/c1-11(18)12-6-8-13(9-7-12)21-10-16(20)19-15-5-3-2-4-14(15)17/h2-9,11H,10,18H2,1H3,(H,19,20)/t11-/m1/s1. The highest BCUT2D eigenvalue weighted by Gasteiger charge is 2.06. The number of nitrogens with two attached hydrogens (primary N) is 1. The number of carbonyl (C=O) groups is 1. The van der Waals surface area contributed by atoms with E-state index >= 15 is 0 Å². The maximum Gasteiger partial charge on any atom is 0.262 e. The fraction of sp³-hybridized carbons (Fsp3) is 0.188. The van der Waals surface area contributed by atoms with Gasteiger partial charge in [0.05, 0.1) is 5.69 Å². The average Bonchev–Trinajstić information content (AvgIpc) is 2.48. The van der Waals surface area contributed by atoms with Crippen LogP contribution in [0.25, 0.3) is 0 Å². The Balaban J connectivity index is 1.88. The third-order valence-electron chi connectivity index (χ3n) is 2.92. The normalized spacial score (nSPS) is 11.8. The van der Waals surface area contributed by atoms with Gasteiger partial charge in [-0.25, -0.2) is 0 Å². The van der Waals surface area contributed by atoms with Crippen molar-refractivity contribution in [3.05, 3.63) is 58.6 Å². The molecular weight excluding hydrogens is 332 g/mol. The van der Waals surface area contributed by atoms with Crippen molar-refractivity contribution in [2.75, 3.05) is 11.9 Å². The monoisotopic (exact) mass is 348 g/mol. The van der Waals surface area contributed by atoms with Crippen molar-refractivity contribution in [2.24, 2.45) is 5.73 Å². The topological polar surface area (TPSA) is 64.3 Å². The molecule has 0 spiro atoms. The minimum absolute atomic E-state index is 0.0159. The molecule has 0 bridgehead atoms. The lowest BCUT2D eigenvalue weighted by molar-refractivity contribution is -0.118. The van der Waals surface area contributed by atoms with Crippen molar-refractivity contribution in [1.82, 2.24) is 0 Å². The summed E-state index contributed by atoms with van der Waals surface area (Å²) in [5.74, 6) is 0.430. The number of amides is 1. The number of ether oxygens (including phenoxy) is 1. The maximum absolute atomic E-state index is 11.8. The van der Waals surface area contributed by atoms with Gasteiger partial charge in [0.2, 0.25) is 0 Å². The lowest BCUT2D eigenvalue weighted by Crippen LogP contribution is -2.20. The van der Waals surface area contributed by atoms with Crippen molar-refractivity contribution >= 4 is 27.5 Å². The molecule has 0 aliphatic rings. The molecule has 2 aromatic carbocycles. The van der Waals surface area contributed by atoms with Crippen molar-refractivity contribution in [3.63, 3.8) is 0 Å². The van der Waals surface area contributed by atoms with Crippen molar-refractivity contribution in [1.29, 1.82) is 0 Å². The Morgan fingerprint density at radius 3 is 2.52 bits per heavy atom. The predicted octanol–water partition coefficient (Wildman–Crippen LogP) is 3.49. The van der Waals surface area contributed by atoms with Crippen LogP contribution in [0.4, 0.5) is 5.69 Å². The van der Waals surface area contributed by atoms with Gasteiger partial charge >= 0.3 is 0 Å². The van der Waals surface area contributed by atoms with E-state index in [0.717, 1.165) is 15.7 Å². The van der Waals surface area contributed by atoms with Crippen LogP contribution in [0, 0.1) is 0 Å². The zero-order valence-corrected chi connectivity index (χ0v) is 13.3. The van der Waals surface area contributed by atoms with Crippen molar-refractivity contribution in [2.45, 2.75) is 13.0 Å². The van der Waals surface area contributed by atoms with E-state index in [2.05, 4.69) is 21.2 Å². The third kappa shape index (κ3) is 4.58. The van der Waals surface area contributed by atoms with Crippen LogP contribution in [-0.4, -0.2) is 12.5 Å². The summed E-state index contributed by atoms with van der Waals surface area (Å²) in [5.41, 5.74) is 7.53. The van der Waals surface area contributed by atoms with Crippen LogP contribution in [-0.2, 0) is 4.79 Å². The van der Waals surface area contributed by atoms with Gasteiger partial charge in [-0.05, 0) is 52.7 Å². The van der Waals surface area contributed by atoms with Crippen LogP contribution in [0.2, 0.25) is 0 Å². The number of halogens is 1. The van der Waals surface area contributed by atoms with Crippen LogP contribution in [0.5, 0.6) is 5.75 Å². The first-order valence-electron chi connectivity index (χ1n) is 6.59. The molecule has 0 aromatic heterocycles. The summed E-state index contributed by atoms with van der Waals surface area (Å²) in [4.78, 5) is 11.8. The largest absolute Gasteiger partial charge is 0.484 e. The summed E-state index contributed by atoms with van der Waals surface area (Å²) in [6, 6.07) is 14.8. The van der Waals surface area contributed by atoms with Gasteiger partial charge < -0.3 is 15.8 Å². The number of hydrogen-bond acceptors (Lipinski definition) is 3. The van der Waals surface area contributed by atoms with E-state index in [1.807, 2.05) is 55.5 Å². The fourth-order valence-electron chi connectivity index (χ4n) is 1.77. The lowest BCUT2D eigenvalue weighted by Gasteiger charge is -2.10. The van der Waals surface area contributed by atoms with Crippen LogP contribution < -0.4 is 15.8 Å². The summed E-state index contributed by atoms with van der Waals surface area (Å²) in [6.07, 6.45) is 0. The van der Waals surface area contributed by atoms with Gasteiger partial charge in [0.25, 0.3) is 5.91 Å². The molecule has 0 saturated heterocycles. The summed E-state index contributed by atoms with van der Waals surface area (Å²) >= 11 is 3.37. The summed E-state index contributed by atoms with van der Waals surface area (Å²) in [7, 11) is 0. The van der Waals surface area contributed by atoms with Crippen LogP contribution in [0.15, 0.2) is 53.0 Å². The predicted molar refractivity (Wildman–Crippen MR) is 87.3 cm³/mol. The molecule has 0 fully saturated rings. The first kappa shape index (κ1) is 15.5. The molecule has 1 amide bonds. The minimum atomic E-state index is -0.210. The van der Waals surface area contributed by atoms with E-state index in [-0.39, 0.29) is 18.6 Å². The van der Waals surface area contributed by atoms with Gasteiger partial charge in [-0.3, -0.25) is 4.79 Å². The molecule has 5 heteroatoms. The summed E-state index contributed by atoms with van der Waals surface area (Å²) < 4.78 is 6.28. The Morgan fingerprint density at radius 1 is 1.24 bits per heavy atom. The average molecular weight is 349 g/mol. The van der Waals surface area contributed by atoms with Gasteiger partial charge in [0.1, 0.15) is 5.75 Å². The van der Waals surface area contributed by atoms with Gasteiger partial charge in [0.15, 0.2) is 6.61 Å². The minimum Gasteiger partial charge on any atom is -0.484 e. The Bertz CT molecular complexity index is 612. The van der Waals surface area contributed by atoms with E-state index in [0.29, 0.717) is 5.75 Å². The smallest absolute Gasteiger partial charge is 0.262 e. The second-order valence-corrected chi connectivity index (χ2v) is 5.53. The second kappa shape index (κ2) is 7.24. The SMILES string of the molecule is C[C@@H](N)c1ccc(OCC(=O)Nc2ccccc2Br)cc1. The molecule has 0 aliphatic carbocycles. The zero-order chi connectivity index (χ0) is 15.2. The van der Waals surface area contributed by atoms with E-state index in [9.17, 15) is 4.79 Å². The summed E-state index contributed by atoms with van der Waals surface area (Å²) in [6.45, 7) is 1.87. The zero-order valence-electron chi connectivity index (χ0n) is 11.7. The number of carbonyl (C=O) groups excluding carboxylic acids is 1. The molecule has 0 unspecified atom stereocenters. The number of benzene rings is 2. The first-order valence-corrected chi connectivity index (χ1v) is 7.38. The Hall–Kier alpha value is -1.85. The number of hydrogen-bond donors (Lipinski definition) is 2. The highest BCUT2D eigenvalue weighted by Crippen LogP contribution is 2.21. The lowest BCUT2D eigenvalue weighted by atomic mass is 10.1. The van der Waals surface area contributed by atoms with Crippen LogP contribution in [0.1, 0.15) is 18.5 Å². The van der Waals surface area contributed by atoms with Gasteiger partial charge in [0, 0.05) is 10.5 Å². The molecule has 0 saturated carbocycles. The van der Waals surface area contributed by atoms with E-state index in [1.165, 1.54) is 0 Å². The molecule has 110 valence electrons. The molecule has 3 N–H and O–H groups in total. The Kier molecular flexibility index (Phi) is 5.36. The highest BCUT2D eigenvalue weighted by molar-refractivity contribution is 9.10. The molecule has 2 aromatic rings. The number of para-hydroxylation sites is 1. The Morgan fingerprint density at radius 2 is 1.90 bits per heavy atom. The van der Waals surface area contributed by atoms with E-state index in [4.69, 9.17) is 10.5 Å². The molecular formula is C16H17BrN2O2. The second-order valence-electron chi connectivity index (χ2n) is 4.67.